The number of fused-ring (bicyclic) bond motifs is 1. The Balaban J connectivity index is 1.88. The van der Waals surface area contributed by atoms with Crippen LogP contribution in [0.3, 0.4) is 0 Å². The average Bonchev–Trinajstić information content (AvgIpc) is 2.90. The summed E-state index contributed by atoms with van der Waals surface area (Å²) in [6.07, 6.45) is -3.93. The second kappa shape index (κ2) is 11.4. The molecule has 0 saturated heterocycles. The highest BCUT2D eigenvalue weighted by Crippen LogP contribution is 2.35. The minimum Gasteiger partial charge on any atom is -0.314 e. The highest BCUT2D eigenvalue weighted by Gasteiger charge is 2.35. The molecular weight excluding hydrogens is 536 g/mol. The molecule has 6 nitrogen and oxygen atoms in total. The second-order valence-electron chi connectivity index (χ2n) is 8.82. The molecule has 0 fully saturated rings. The zero-order valence-corrected chi connectivity index (χ0v) is 21.9. The van der Waals surface area contributed by atoms with Crippen LogP contribution in [0.25, 0.3) is 16.6 Å². The van der Waals surface area contributed by atoms with Gasteiger partial charge in [-0.05, 0) is 55.3 Å². The van der Waals surface area contributed by atoms with Crippen LogP contribution < -0.4 is 10.9 Å². The van der Waals surface area contributed by atoms with Crippen molar-refractivity contribution >= 4 is 34.2 Å². The fourth-order valence-corrected chi connectivity index (χ4v) is 4.63. The number of rotatable bonds is 7. The largest absolute Gasteiger partial charge is 0.418 e. The van der Waals surface area contributed by atoms with Gasteiger partial charge in [0.25, 0.3) is 5.56 Å². The van der Waals surface area contributed by atoms with Crippen molar-refractivity contribution in [2.45, 2.75) is 38.9 Å². The normalized spacial score (nSPS) is 12.4. The van der Waals surface area contributed by atoms with E-state index in [2.05, 4.69) is 5.32 Å². The number of alkyl halides is 3. The van der Waals surface area contributed by atoms with E-state index in [1.54, 1.807) is 31.2 Å². The van der Waals surface area contributed by atoms with Gasteiger partial charge in [0.05, 0.1) is 38.9 Å². The number of amides is 2. The van der Waals surface area contributed by atoms with Crippen molar-refractivity contribution in [1.82, 2.24) is 14.5 Å². The Morgan fingerprint density at radius 2 is 1.77 bits per heavy atom. The number of benzene rings is 3. The minimum absolute atomic E-state index is 0.158. The molecule has 0 spiro atoms. The highest BCUT2D eigenvalue weighted by atomic mass is 35.5. The summed E-state index contributed by atoms with van der Waals surface area (Å²) in [5.74, 6) is -0.511. The quantitative estimate of drug-likeness (QED) is 0.237. The van der Waals surface area contributed by atoms with Crippen LogP contribution in [0.15, 0.2) is 71.5 Å². The molecule has 0 aliphatic heterocycles. The van der Waals surface area contributed by atoms with Gasteiger partial charge in [-0.3, -0.25) is 9.36 Å². The molecule has 0 radical (unpaired) electrons. The molecule has 4 aromatic rings. The standard InChI is InChI=1S/C28H25ClF4N4O2/c1-3-15-36(27(39)35-23-12-8-6-10-19(23)28(31,32)33)24(4-2)25-34-22-11-7-5-9-18(22)26(38)37(25)17-13-14-21(30)20(29)16-17/h5-14,16,24H,3-4,15H2,1-2H3,(H,35,39). The molecule has 3 aromatic carbocycles. The number of nitrogens with one attached hydrogen (secondary N) is 1. The van der Waals surface area contributed by atoms with Crippen LogP contribution in [0.4, 0.5) is 28.0 Å². The van der Waals surface area contributed by atoms with E-state index in [0.717, 1.165) is 12.1 Å². The predicted octanol–water partition coefficient (Wildman–Crippen LogP) is 7.59. The molecule has 0 aliphatic rings. The van der Waals surface area contributed by atoms with Crippen molar-refractivity contribution in [2.75, 3.05) is 11.9 Å². The van der Waals surface area contributed by atoms with Gasteiger partial charge in [0.2, 0.25) is 0 Å². The van der Waals surface area contributed by atoms with Crippen molar-refractivity contribution in [3.8, 4) is 5.69 Å². The van der Waals surface area contributed by atoms with Crippen molar-refractivity contribution in [3.63, 3.8) is 0 Å². The van der Waals surface area contributed by atoms with E-state index in [4.69, 9.17) is 16.6 Å². The number of hydrogen-bond donors (Lipinski definition) is 1. The molecular formula is C28H25ClF4N4O2. The topological polar surface area (TPSA) is 67.2 Å². The Kier molecular flexibility index (Phi) is 8.25. The summed E-state index contributed by atoms with van der Waals surface area (Å²) < 4.78 is 56.0. The van der Waals surface area contributed by atoms with E-state index in [0.29, 0.717) is 17.3 Å². The maximum absolute atomic E-state index is 14.0. The maximum atomic E-state index is 14.0. The molecule has 2 amide bonds. The van der Waals surface area contributed by atoms with Crippen LogP contribution in [0, 0.1) is 5.82 Å². The smallest absolute Gasteiger partial charge is 0.314 e. The first-order valence-electron chi connectivity index (χ1n) is 12.3. The van der Waals surface area contributed by atoms with Gasteiger partial charge in [0.1, 0.15) is 11.6 Å². The van der Waals surface area contributed by atoms with Gasteiger partial charge in [-0.15, -0.1) is 0 Å². The lowest BCUT2D eigenvalue weighted by atomic mass is 10.1. The first-order valence-corrected chi connectivity index (χ1v) is 12.7. The number of nitrogens with zero attached hydrogens (tertiary/aromatic N) is 3. The lowest BCUT2D eigenvalue weighted by Gasteiger charge is -2.32. The number of halogens is 5. The molecule has 1 heterocycles. The van der Waals surface area contributed by atoms with Crippen LogP contribution in [0.1, 0.15) is 44.1 Å². The molecule has 1 atom stereocenters. The van der Waals surface area contributed by atoms with Gasteiger partial charge in [-0.25, -0.2) is 14.2 Å². The van der Waals surface area contributed by atoms with E-state index in [1.165, 1.54) is 39.8 Å². The Bertz CT molecular complexity index is 1570. The highest BCUT2D eigenvalue weighted by molar-refractivity contribution is 6.30. The number of carbonyl (C=O) groups is 1. The monoisotopic (exact) mass is 560 g/mol. The Morgan fingerprint density at radius 3 is 2.44 bits per heavy atom. The summed E-state index contributed by atoms with van der Waals surface area (Å²) >= 11 is 6.03. The second-order valence-corrected chi connectivity index (χ2v) is 9.22. The molecule has 0 saturated carbocycles. The van der Waals surface area contributed by atoms with Crippen LogP contribution in [0.5, 0.6) is 0 Å². The summed E-state index contributed by atoms with van der Waals surface area (Å²) in [6.45, 7) is 3.75. The molecule has 204 valence electrons. The SMILES string of the molecule is CCCN(C(=O)Nc1ccccc1C(F)(F)F)C(CC)c1nc2ccccc2c(=O)n1-c1ccc(F)c(Cl)c1. The number of anilines is 1. The molecule has 0 aliphatic carbocycles. The number of carbonyl (C=O) groups excluding carboxylic acids is 1. The first-order chi connectivity index (χ1) is 18.6. The van der Waals surface area contributed by atoms with Gasteiger partial charge in [-0.1, -0.05) is 49.7 Å². The van der Waals surface area contributed by atoms with E-state index >= 15 is 0 Å². The van der Waals surface area contributed by atoms with Gasteiger partial charge >= 0.3 is 12.2 Å². The summed E-state index contributed by atoms with van der Waals surface area (Å²) in [4.78, 5) is 33.3. The fourth-order valence-electron chi connectivity index (χ4n) is 4.46. The lowest BCUT2D eigenvalue weighted by molar-refractivity contribution is -0.136. The lowest BCUT2D eigenvalue weighted by Crippen LogP contribution is -2.41. The Hall–Kier alpha value is -3.92. The average molecular weight is 561 g/mol. The zero-order valence-electron chi connectivity index (χ0n) is 21.1. The van der Waals surface area contributed by atoms with Crippen LogP contribution in [-0.2, 0) is 6.18 Å². The number of para-hydroxylation sites is 2. The maximum Gasteiger partial charge on any atom is 0.418 e. The summed E-state index contributed by atoms with van der Waals surface area (Å²) in [7, 11) is 0. The third kappa shape index (κ3) is 5.75. The van der Waals surface area contributed by atoms with Crippen molar-refractivity contribution in [2.24, 2.45) is 0 Å². The fraction of sp³-hybridized carbons (Fsp3) is 0.250. The van der Waals surface area contributed by atoms with E-state index < -0.39 is 35.2 Å². The number of hydrogen-bond acceptors (Lipinski definition) is 3. The third-order valence-electron chi connectivity index (χ3n) is 6.22. The van der Waals surface area contributed by atoms with E-state index in [1.807, 2.05) is 6.92 Å². The zero-order chi connectivity index (χ0) is 28.3. The minimum atomic E-state index is -4.67. The molecule has 1 N–H and O–H groups in total. The van der Waals surface area contributed by atoms with Gasteiger partial charge in [0, 0.05) is 6.54 Å². The third-order valence-corrected chi connectivity index (χ3v) is 6.51. The van der Waals surface area contributed by atoms with Crippen LogP contribution in [0.2, 0.25) is 5.02 Å². The van der Waals surface area contributed by atoms with Crippen LogP contribution in [-0.4, -0.2) is 27.0 Å². The molecule has 39 heavy (non-hydrogen) atoms. The molecule has 1 unspecified atom stereocenters. The first kappa shape index (κ1) is 28.1. The summed E-state index contributed by atoms with van der Waals surface area (Å²) in [5, 5.41) is 2.48. The predicted molar refractivity (Wildman–Crippen MR) is 143 cm³/mol. The molecule has 0 bridgehead atoms. The molecule has 1 aromatic heterocycles. The molecule has 4 rings (SSSR count). The van der Waals surface area contributed by atoms with Crippen LogP contribution >= 0.6 is 11.6 Å². The van der Waals surface area contributed by atoms with Crippen molar-refractivity contribution in [3.05, 3.63) is 99.3 Å². The summed E-state index contributed by atoms with van der Waals surface area (Å²) in [5.41, 5.74) is -1.22. The number of aromatic nitrogens is 2. The summed E-state index contributed by atoms with van der Waals surface area (Å²) in [6, 6.07) is 13.5. The Morgan fingerprint density at radius 1 is 1.08 bits per heavy atom. The van der Waals surface area contributed by atoms with Crippen molar-refractivity contribution in [1.29, 1.82) is 0 Å². The van der Waals surface area contributed by atoms with Gasteiger partial charge in [-0.2, -0.15) is 13.2 Å². The van der Waals surface area contributed by atoms with E-state index in [9.17, 15) is 27.2 Å². The van der Waals surface area contributed by atoms with E-state index in [-0.39, 0.29) is 35.2 Å². The van der Waals surface area contributed by atoms with Gasteiger partial charge in [0.15, 0.2) is 0 Å². The van der Waals surface area contributed by atoms with Gasteiger partial charge < -0.3 is 10.2 Å². The Labute approximate surface area is 226 Å². The van der Waals surface area contributed by atoms with Crippen molar-refractivity contribution < 1.29 is 22.4 Å². The molecule has 11 heteroatoms. The number of urea groups is 1.